The summed E-state index contributed by atoms with van der Waals surface area (Å²) in [4.78, 5) is 15.7. The summed E-state index contributed by atoms with van der Waals surface area (Å²) in [7, 11) is 0. The van der Waals surface area contributed by atoms with Crippen molar-refractivity contribution in [1.82, 2.24) is 4.98 Å². The Hall–Kier alpha value is -2.45. The van der Waals surface area contributed by atoms with Gasteiger partial charge in [0.1, 0.15) is 5.75 Å². The molecule has 0 saturated carbocycles. The summed E-state index contributed by atoms with van der Waals surface area (Å²) in [5.74, 6) is 0.368. The van der Waals surface area contributed by atoms with E-state index < -0.39 is 0 Å². The first-order chi connectivity index (χ1) is 12.2. The molecule has 0 aliphatic rings. The van der Waals surface area contributed by atoms with Gasteiger partial charge in [0.15, 0.2) is 0 Å². The van der Waals surface area contributed by atoms with E-state index in [-0.39, 0.29) is 19.0 Å². The second kappa shape index (κ2) is 9.75. The van der Waals surface area contributed by atoms with Gasteiger partial charge in [-0.25, -0.2) is 4.98 Å². The largest absolute Gasteiger partial charge is 0.494 e. The average molecular weight is 363 g/mol. The summed E-state index contributed by atoms with van der Waals surface area (Å²) >= 11 is 1.36. The molecule has 2 N–H and O–H groups in total. The third kappa shape index (κ3) is 5.84. The van der Waals surface area contributed by atoms with Crippen molar-refractivity contribution in [3.8, 4) is 5.75 Å². The summed E-state index contributed by atoms with van der Waals surface area (Å²) in [5.41, 5.74) is 5.00. The third-order valence-electron chi connectivity index (χ3n) is 3.11. The fourth-order valence-corrected chi connectivity index (χ4v) is 2.72. The Morgan fingerprint density at radius 1 is 1.40 bits per heavy atom. The van der Waals surface area contributed by atoms with Gasteiger partial charge >= 0.3 is 5.97 Å². The molecular formula is C17H21N3O4S. The highest BCUT2D eigenvalue weighted by Crippen LogP contribution is 2.20. The molecule has 1 heterocycles. The van der Waals surface area contributed by atoms with Crippen LogP contribution in [0.5, 0.6) is 5.75 Å². The number of nitrogens with zero attached hydrogens (tertiary/aromatic N) is 2. The number of aliphatic hydroxyl groups excluding tert-OH is 1. The predicted octanol–water partition coefficient (Wildman–Crippen LogP) is 2.59. The second-order valence-corrected chi connectivity index (χ2v) is 5.81. The summed E-state index contributed by atoms with van der Waals surface area (Å²) in [5, 5.41) is 15.9. The maximum Gasteiger partial charge on any atom is 0.311 e. The molecular weight excluding hydrogens is 342 g/mol. The van der Waals surface area contributed by atoms with Crippen LogP contribution in [0.4, 0.5) is 5.13 Å². The Bertz CT molecular complexity index is 730. The molecule has 25 heavy (non-hydrogen) atoms. The highest BCUT2D eigenvalue weighted by Gasteiger charge is 2.08. The number of ether oxygens (including phenoxy) is 2. The normalized spacial score (nSPS) is 10.8. The number of hydrogen-bond acceptors (Lipinski definition) is 8. The maximum atomic E-state index is 11.4. The highest BCUT2D eigenvalue weighted by molar-refractivity contribution is 7.13. The molecule has 0 bridgehead atoms. The minimum absolute atomic E-state index is 0.103. The number of aliphatic hydroxyl groups is 1. The number of carbonyl (C=O) groups excluding carboxylic acids is 1. The molecule has 2 aromatic rings. The molecule has 0 aliphatic heterocycles. The number of esters is 1. The quantitative estimate of drug-likeness (QED) is 0.404. The van der Waals surface area contributed by atoms with Crippen LogP contribution in [0.1, 0.15) is 30.7 Å². The van der Waals surface area contributed by atoms with Crippen molar-refractivity contribution in [2.24, 2.45) is 5.10 Å². The molecule has 134 valence electrons. The standard InChI is InChI=1S/C17H21N3O4S/c1-3-23-15-6-5-12(7-13(15)10-21)9-18-20-17-19-14(11-25-17)8-16(22)24-4-2/h5-7,9,11,21H,3-4,8,10H2,1-2H3,(H,19,20). The number of hydrogen-bond donors (Lipinski definition) is 2. The van der Waals surface area contributed by atoms with Gasteiger partial charge in [-0.05, 0) is 37.6 Å². The summed E-state index contributed by atoms with van der Waals surface area (Å²) in [6.45, 7) is 4.46. The fraction of sp³-hybridized carbons (Fsp3) is 0.353. The van der Waals surface area contributed by atoms with Gasteiger partial charge in [-0.3, -0.25) is 10.2 Å². The van der Waals surface area contributed by atoms with Crippen molar-refractivity contribution in [3.05, 3.63) is 40.4 Å². The minimum Gasteiger partial charge on any atom is -0.494 e. The molecule has 0 fully saturated rings. The molecule has 0 spiro atoms. The van der Waals surface area contributed by atoms with Crippen LogP contribution in [0, 0.1) is 0 Å². The lowest BCUT2D eigenvalue weighted by Crippen LogP contribution is -2.07. The van der Waals surface area contributed by atoms with E-state index in [2.05, 4.69) is 15.5 Å². The molecule has 0 saturated heterocycles. The van der Waals surface area contributed by atoms with Crippen LogP contribution >= 0.6 is 11.3 Å². The Kier molecular flexibility index (Phi) is 7.36. The lowest BCUT2D eigenvalue weighted by atomic mass is 10.1. The second-order valence-electron chi connectivity index (χ2n) is 4.95. The molecule has 0 aliphatic carbocycles. The van der Waals surface area contributed by atoms with Crippen molar-refractivity contribution in [2.75, 3.05) is 18.6 Å². The molecule has 0 amide bonds. The number of carbonyl (C=O) groups is 1. The SMILES string of the molecule is CCOC(=O)Cc1csc(NN=Cc2ccc(OCC)c(CO)c2)n1. The van der Waals surface area contributed by atoms with E-state index in [9.17, 15) is 9.90 Å². The maximum absolute atomic E-state index is 11.4. The summed E-state index contributed by atoms with van der Waals surface area (Å²) in [6.07, 6.45) is 1.77. The molecule has 0 atom stereocenters. The zero-order chi connectivity index (χ0) is 18.1. The first kappa shape index (κ1) is 18.9. The average Bonchev–Trinajstić information content (AvgIpc) is 3.03. The van der Waals surface area contributed by atoms with E-state index in [0.29, 0.717) is 35.4 Å². The zero-order valence-corrected chi connectivity index (χ0v) is 15.0. The zero-order valence-electron chi connectivity index (χ0n) is 14.2. The molecule has 8 heteroatoms. The van der Waals surface area contributed by atoms with Gasteiger partial charge < -0.3 is 14.6 Å². The topological polar surface area (TPSA) is 93.0 Å². The first-order valence-electron chi connectivity index (χ1n) is 7.92. The minimum atomic E-state index is -0.297. The highest BCUT2D eigenvalue weighted by atomic mass is 32.1. The van der Waals surface area contributed by atoms with E-state index in [1.807, 2.05) is 19.1 Å². The third-order valence-corrected chi connectivity index (χ3v) is 3.91. The Morgan fingerprint density at radius 3 is 2.96 bits per heavy atom. The van der Waals surface area contributed by atoms with Gasteiger partial charge in [0.25, 0.3) is 0 Å². The number of anilines is 1. The fourth-order valence-electron chi connectivity index (χ4n) is 2.06. The number of nitrogens with one attached hydrogen (secondary N) is 1. The molecule has 7 nitrogen and oxygen atoms in total. The van der Waals surface area contributed by atoms with Crippen LogP contribution in [0.25, 0.3) is 0 Å². The van der Waals surface area contributed by atoms with E-state index in [1.165, 1.54) is 11.3 Å². The van der Waals surface area contributed by atoms with Gasteiger partial charge in [-0.15, -0.1) is 11.3 Å². The lowest BCUT2D eigenvalue weighted by molar-refractivity contribution is -0.142. The molecule has 0 radical (unpaired) electrons. The van der Waals surface area contributed by atoms with Crippen molar-refractivity contribution in [1.29, 1.82) is 0 Å². The Balaban J connectivity index is 1.94. The smallest absolute Gasteiger partial charge is 0.311 e. The first-order valence-corrected chi connectivity index (χ1v) is 8.79. The van der Waals surface area contributed by atoms with E-state index in [1.54, 1.807) is 24.6 Å². The van der Waals surface area contributed by atoms with E-state index in [4.69, 9.17) is 9.47 Å². The lowest BCUT2D eigenvalue weighted by Gasteiger charge is -2.08. The number of rotatable bonds is 9. The van der Waals surface area contributed by atoms with Crippen molar-refractivity contribution in [3.63, 3.8) is 0 Å². The van der Waals surface area contributed by atoms with Crippen molar-refractivity contribution >= 4 is 28.7 Å². The summed E-state index contributed by atoms with van der Waals surface area (Å²) < 4.78 is 10.3. The van der Waals surface area contributed by atoms with Gasteiger partial charge in [0.2, 0.25) is 5.13 Å². The van der Waals surface area contributed by atoms with Crippen LogP contribution < -0.4 is 10.2 Å². The number of hydrazone groups is 1. The van der Waals surface area contributed by atoms with Crippen LogP contribution in [0.3, 0.4) is 0 Å². The number of aromatic nitrogens is 1. The van der Waals surface area contributed by atoms with Crippen molar-refractivity contribution < 1.29 is 19.4 Å². The number of thiazole rings is 1. The van der Waals surface area contributed by atoms with Crippen molar-refractivity contribution in [2.45, 2.75) is 26.9 Å². The van der Waals surface area contributed by atoms with E-state index >= 15 is 0 Å². The van der Waals surface area contributed by atoms with Crippen LogP contribution in [-0.4, -0.2) is 35.5 Å². The van der Waals surface area contributed by atoms with Gasteiger partial charge in [0, 0.05) is 10.9 Å². The monoisotopic (exact) mass is 363 g/mol. The predicted molar refractivity (Wildman–Crippen MR) is 97.2 cm³/mol. The molecule has 1 aromatic heterocycles. The summed E-state index contributed by atoms with van der Waals surface area (Å²) in [6, 6.07) is 5.46. The van der Waals surface area contributed by atoms with Crippen LogP contribution in [0.15, 0.2) is 28.7 Å². The van der Waals surface area contributed by atoms with Gasteiger partial charge in [0.05, 0.1) is 38.1 Å². The van der Waals surface area contributed by atoms with Gasteiger partial charge in [-0.2, -0.15) is 5.10 Å². The van der Waals surface area contributed by atoms with Crippen LogP contribution in [0.2, 0.25) is 0 Å². The Labute approximate surface area is 150 Å². The molecule has 2 rings (SSSR count). The molecule has 1 aromatic carbocycles. The van der Waals surface area contributed by atoms with Gasteiger partial charge in [-0.1, -0.05) is 0 Å². The molecule has 0 unspecified atom stereocenters. The Morgan fingerprint density at radius 2 is 2.24 bits per heavy atom. The van der Waals surface area contributed by atoms with E-state index in [0.717, 1.165) is 5.56 Å². The number of benzene rings is 1. The van der Waals surface area contributed by atoms with Crippen LogP contribution in [-0.2, 0) is 22.6 Å².